The molecule has 0 aromatic carbocycles. The third-order valence-corrected chi connectivity index (χ3v) is 5.82. The first-order chi connectivity index (χ1) is 10.1. The molecule has 6 nitrogen and oxygen atoms in total. The summed E-state index contributed by atoms with van der Waals surface area (Å²) in [5, 5.41) is 3.13. The van der Waals surface area contributed by atoms with E-state index >= 15 is 0 Å². The van der Waals surface area contributed by atoms with Crippen LogP contribution in [0.25, 0.3) is 0 Å². The minimum Gasteiger partial charge on any atom is -0.316 e. The van der Waals surface area contributed by atoms with Crippen LogP contribution < -0.4 is 10.0 Å². The Labute approximate surface area is 126 Å². The van der Waals surface area contributed by atoms with Gasteiger partial charge in [-0.15, -0.1) is 0 Å². The maximum absolute atomic E-state index is 12.4. The first-order valence-corrected chi connectivity index (χ1v) is 8.91. The molecule has 2 N–H and O–H groups in total. The van der Waals surface area contributed by atoms with E-state index in [2.05, 4.69) is 19.9 Å². The fourth-order valence-electron chi connectivity index (χ4n) is 3.24. The number of fused-ring (bicyclic) bond motifs is 3. The van der Waals surface area contributed by atoms with Crippen LogP contribution in [0.4, 0.5) is 0 Å². The zero-order chi connectivity index (χ0) is 14.9. The van der Waals surface area contributed by atoms with E-state index in [1.54, 1.807) is 18.3 Å². The van der Waals surface area contributed by atoms with Gasteiger partial charge in [-0.05, 0) is 50.5 Å². The van der Waals surface area contributed by atoms with E-state index in [1.165, 1.54) is 0 Å². The summed E-state index contributed by atoms with van der Waals surface area (Å²) in [5.74, 6) is 0.466. The van der Waals surface area contributed by atoms with E-state index in [-0.39, 0.29) is 11.1 Å². The van der Waals surface area contributed by atoms with Gasteiger partial charge in [0.1, 0.15) is 0 Å². The highest BCUT2D eigenvalue weighted by molar-refractivity contribution is 7.89. The Bertz CT molecular complexity index is 579. The molecule has 3 saturated heterocycles. The lowest BCUT2D eigenvalue weighted by atomic mass is 9.85. The Kier molecular flexibility index (Phi) is 4.26. The van der Waals surface area contributed by atoms with Crippen molar-refractivity contribution in [3.8, 4) is 0 Å². The monoisotopic (exact) mass is 310 g/mol. The summed E-state index contributed by atoms with van der Waals surface area (Å²) in [4.78, 5) is 6.42. The first-order valence-electron chi connectivity index (χ1n) is 7.43. The van der Waals surface area contributed by atoms with Gasteiger partial charge in [0.05, 0.1) is 0 Å². The molecule has 0 saturated carbocycles. The van der Waals surface area contributed by atoms with Gasteiger partial charge in [0.25, 0.3) is 10.0 Å². The summed E-state index contributed by atoms with van der Waals surface area (Å²) in [6.07, 6.45) is 3.78. The molecule has 4 rings (SSSR count). The summed E-state index contributed by atoms with van der Waals surface area (Å²) < 4.78 is 27.7. The van der Waals surface area contributed by atoms with E-state index in [1.807, 2.05) is 7.05 Å². The van der Waals surface area contributed by atoms with E-state index in [4.69, 9.17) is 0 Å². The van der Waals surface area contributed by atoms with Gasteiger partial charge in [-0.1, -0.05) is 6.07 Å². The summed E-state index contributed by atoms with van der Waals surface area (Å²) in [7, 11) is -1.68. The summed E-state index contributed by atoms with van der Waals surface area (Å²) >= 11 is 0. The van der Waals surface area contributed by atoms with Gasteiger partial charge in [-0.3, -0.25) is 0 Å². The molecule has 4 heterocycles. The predicted molar refractivity (Wildman–Crippen MR) is 80.3 cm³/mol. The maximum atomic E-state index is 12.4. The molecule has 0 aliphatic carbocycles. The van der Waals surface area contributed by atoms with E-state index in [9.17, 15) is 8.42 Å². The van der Waals surface area contributed by atoms with Crippen LogP contribution in [0.1, 0.15) is 18.4 Å². The lowest BCUT2D eigenvalue weighted by molar-refractivity contribution is 0.0826. The Morgan fingerprint density at radius 1 is 1.33 bits per heavy atom. The van der Waals surface area contributed by atoms with Gasteiger partial charge in [0.2, 0.25) is 0 Å². The largest absolute Gasteiger partial charge is 0.316 e. The number of hydrogen-bond donors (Lipinski definition) is 2. The number of hydrogen-bond acceptors (Lipinski definition) is 5. The average Bonchev–Trinajstić information content (AvgIpc) is 2.49. The molecular formula is C14H22N4O2S. The molecule has 116 valence electrons. The second-order valence-electron chi connectivity index (χ2n) is 5.90. The molecule has 0 spiro atoms. The molecule has 0 radical (unpaired) electrons. The standard InChI is InChI=1S/C14H22N4O2S/c1-15-8-11-2-3-14(16-9-11)21(19,20)17-13-10-18-6-4-12(13)5-7-18/h2-3,9,12-13,15,17H,4-8,10H2,1H3. The van der Waals surface area contributed by atoms with Crippen molar-refractivity contribution in [2.24, 2.45) is 5.92 Å². The molecular weight excluding hydrogens is 288 g/mol. The molecule has 1 aromatic rings. The van der Waals surface area contributed by atoms with Crippen LogP contribution in [0.5, 0.6) is 0 Å². The maximum Gasteiger partial charge on any atom is 0.258 e. The molecule has 1 aromatic heterocycles. The zero-order valence-electron chi connectivity index (χ0n) is 12.2. The van der Waals surface area contributed by atoms with Crippen molar-refractivity contribution in [2.45, 2.75) is 30.5 Å². The molecule has 3 fully saturated rings. The second kappa shape index (κ2) is 6.00. The van der Waals surface area contributed by atoms with Gasteiger partial charge >= 0.3 is 0 Å². The van der Waals surface area contributed by atoms with Crippen molar-refractivity contribution >= 4 is 10.0 Å². The molecule has 2 bridgehead atoms. The van der Waals surface area contributed by atoms with Gasteiger partial charge in [-0.25, -0.2) is 18.1 Å². The normalized spacial score (nSPS) is 28.7. The average molecular weight is 310 g/mol. The van der Waals surface area contributed by atoms with Crippen molar-refractivity contribution in [2.75, 3.05) is 26.7 Å². The van der Waals surface area contributed by atoms with Gasteiger partial charge in [0.15, 0.2) is 5.03 Å². The molecule has 21 heavy (non-hydrogen) atoms. The van der Waals surface area contributed by atoms with Crippen molar-refractivity contribution in [3.63, 3.8) is 0 Å². The summed E-state index contributed by atoms with van der Waals surface area (Å²) in [5.41, 5.74) is 0.972. The molecule has 0 amide bonds. The molecule has 3 aliphatic heterocycles. The number of nitrogens with one attached hydrogen (secondary N) is 2. The van der Waals surface area contributed by atoms with Crippen molar-refractivity contribution in [1.82, 2.24) is 19.9 Å². The zero-order valence-corrected chi connectivity index (χ0v) is 13.1. The van der Waals surface area contributed by atoms with Crippen molar-refractivity contribution in [3.05, 3.63) is 23.9 Å². The Morgan fingerprint density at radius 2 is 2.10 bits per heavy atom. The Hall–Kier alpha value is -1.02. The first kappa shape index (κ1) is 14.9. The predicted octanol–water partition coefficient (Wildman–Crippen LogP) is 0.174. The Balaban J connectivity index is 1.71. The fourth-order valence-corrected chi connectivity index (χ4v) is 4.46. The third-order valence-electron chi connectivity index (χ3n) is 4.42. The third kappa shape index (κ3) is 3.26. The van der Waals surface area contributed by atoms with Gasteiger partial charge in [-0.2, -0.15) is 0 Å². The minimum atomic E-state index is -3.52. The van der Waals surface area contributed by atoms with Crippen LogP contribution in [-0.2, 0) is 16.6 Å². The highest BCUT2D eigenvalue weighted by Crippen LogP contribution is 2.28. The van der Waals surface area contributed by atoms with Crippen LogP contribution in [-0.4, -0.2) is 51.0 Å². The molecule has 7 heteroatoms. The molecule has 3 aliphatic rings. The molecule has 1 atom stereocenters. The van der Waals surface area contributed by atoms with E-state index in [0.717, 1.165) is 38.0 Å². The minimum absolute atomic E-state index is 0.0243. The van der Waals surface area contributed by atoms with Crippen LogP contribution in [0.2, 0.25) is 0 Å². The smallest absolute Gasteiger partial charge is 0.258 e. The lowest BCUT2D eigenvalue weighted by Gasteiger charge is -2.44. The number of rotatable bonds is 5. The highest BCUT2D eigenvalue weighted by atomic mass is 32.2. The van der Waals surface area contributed by atoms with Crippen LogP contribution in [0.3, 0.4) is 0 Å². The number of piperidine rings is 3. The second-order valence-corrected chi connectivity index (χ2v) is 7.56. The quantitative estimate of drug-likeness (QED) is 0.811. The van der Waals surface area contributed by atoms with Crippen molar-refractivity contribution in [1.29, 1.82) is 0 Å². The van der Waals surface area contributed by atoms with E-state index in [0.29, 0.717) is 12.5 Å². The number of pyridine rings is 1. The van der Waals surface area contributed by atoms with Gasteiger partial charge in [0, 0.05) is 25.3 Å². The summed E-state index contributed by atoms with van der Waals surface area (Å²) in [6.45, 7) is 3.70. The number of aromatic nitrogens is 1. The van der Waals surface area contributed by atoms with Crippen molar-refractivity contribution < 1.29 is 8.42 Å². The Morgan fingerprint density at radius 3 is 2.62 bits per heavy atom. The fraction of sp³-hybridized carbons (Fsp3) is 0.643. The van der Waals surface area contributed by atoms with Crippen LogP contribution in [0.15, 0.2) is 23.4 Å². The van der Waals surface area contributed by atoms with Gasteiger partial charge < -0.3 is 10.2 Å². The number of nitrogens with zero attached hydrogens (tertiary/aromatic N) is 2. The lowest BCUT2D eigenvalue weighted by Crippen LogP contribution is -2.57. The van der Waals surface area contributed by atoms with Crippen LogP contribution >= 0.6 is 0 Å². The SMILES string of the molecule is CNCc1ccc(S(=O)(=O)NC2CN3CCC2CC3)nc1. The summed E-state index contributed by atoms with van der Waals surface area (Å²) in [6, 6.07) is 3.40. The van der Waals surface area contributed by atoms with Crippen LogP contribution in [0, 0.1) is 5.92 Å². The van der Waals surface area contributed by atoms with E-state index < -0.39 is 10.0 Å². The molecule has 1 unspecified atom stereocenters. The number of sulfonamides is 1. The topological polar surface area (TPSA) is 74.3 Å². The highest BCUT2D eigenvalue weighted by Gasteiger charge is 2.36.